The minimum atomic E-state index is -1.57. The second kappa shape index (κ2) is 24.9. The number of aliphatic hydroxyl groups is 2. The minimum Gasteiger partial charge on any atom is -0.391 e. The zero-order valence-corrected chi connectivity index (χ0v) is 37.0. The maximum atomic E-state index is 14.5. The number of carbonyl (C=O) groups excluding carboxylic acids is 6. The lowest BCUT2D eigenvalue weighted by molar-refractivity contribution is -0.154. The van der Waals surface area contributed by atoms with E-state index in [1.807, 2.05) is 40.7 Å². The van der Waals surface area contributed by atoms with E-state index < -0.39 is 84.4 Å². The summed E-state index contributed by atoms with van der Waals surface area (Å²) < 4.78 is 0. The highest BCUT2D eigenvalue weighted by Gasteiger charge is 2.43. The molecule has 0 aromatic rings. The van der Waals surface area contributed by atoms with Gasteiger partial charge in [-0.05, 0) is 75.7 Å². The Balaban J connectivity index is 6.69. The summed E-state index contributed by atoms with van der Waals surface area (Å²) in [6.07, 6.45) is 2.86. The van der Waals surface area contributed by atoms with Crippen LogP contribution in [0.25, 0.3) is 0 Å². The number of nitrogens with zero attached hydrogens (tertiary/aromatic N) is 4. The van der Waals surface area contributed by atoms with Gasteiger partial charge in [0, 0.05) is 28.2 Å². The van der Waals surface area contributed by atoms with Gasteiger partial charge in [0.2, 0.25) is 35.4 Å². The summed E-state index contributed by atoms with van der Waals surface area (Å²) in [5, 5.41) is 28.4. The third kappa shape index (κ3) is 16.5. The van der Waals surface area contributed by atoms with Gasteiger partial charge in [-0.15, -0.1) is 0 Å². The van der Waals surface area contributed by atoms with Gasteiger partial charge < -0.3 is 46.2 Å². The van der Waals surface area contributed by atoms with Crippen molar-refractivity contribution in [1.82, 2.24) is 30.2 Å². The Bertz CT molecular complexity index is 1300. The van der Waals surface area contributed by atoms with Crippen molar-refractivity contribution < 1.29 is 39.0 Å². The van der Waals surface area contributed by atoms with Crippen molar-refractivity contribution in [2.24, 2.45) is 35.3 Å². The van der Waals surface area contributed by atoms with E-state index in [0.717, 1.165) is 16.2 Å². The van der Waals surface area contributed by atoms with Crippen molar-refractivity contribution >= 4 is 35.4 Å². The Morgan fingerprint density at radius 2 is 1.25 bits per heavy atom. The van der Waals surface area contributed by atoms with Crippen LogP contribution in [0.2, 0.25) is 0 Å². The first-order valence-corrected chi connectivity index (χ1v) is 20.2. The van der Waals surface area contributed by atoms with Crippen molar-refractivity contribution in [2.75, 3.05) is 41.3 Å². The van der Waals surface area contributed by atoms with E-state index >= 15 is 0 Å². The first kappa shape index (κ1) is 52.4. The van der Waals surface area contributed by atoms with Crippen molar-refractivity contribution in [3.05, 3.63) is 12.2 Å². The van der Waals surface area contributed by atoms with E-state index in [-0.39, 0.29) is 23.7 Å². The van der Waals surface area contributed by atoms with E-state index in [4.69, 9.17) is 5.73 Å². The van der Waals surface area contributed by atoms with Crippen LogP contribution >= 0.6 is 0 Å². The highest BCUT2D eigenvalue weighted by molar-refractivity contribution is 5.96. The topological polar surface area (TPSA) is 206 Å². The predicted molar refractivity (Wildman–Crippen MR) is 220 cm³/mol. The highest BCUT2D eigenvalue weighted by atomic mass is 16.3. The second-order valence-electron chi connectivity index (χ2n) is 17.1. The molecule has 0 unspecified atom stereocenters. The van der Waals surface area contributed by atoms with Crippen LogP contribution in [-0.2, 0) is 28.8 Å². The number of allylic oxidation sites excluding steroid dienone is 2. The average Bonchev–Trinajstić information content (AvgIpc) is 3.09. The smallest absolute Gasteiger partial charge is 0.248 e. The van der Waals surface area contributed by atoms with Crippen molar-refractivity contribution in [1.29, 1.82) is 0 Å². The zero-order valence-electron chi connectivity index (χ0n) is 37.0. The largest absolute Gasteiger partial charge is 0.391 e. The average molecular weight is 796 g/mol. The molecule has 0 spiro atoms. The molecular formula is C41H77N7O8. The van der Waals surface area contributed by atoms with Gasteiger partial charge in [-0.3, -0.25) is 28.8 Å². The molecule has 324 valence electrons. The van der Waals surface area contributed by atoms with E-state index in [9.17, 15) is 39.0 Å². The number of aliphatic hydroxyl groups excluding tert-OH is 2. The van der Waals surface area contributed by atoms with Crippen LogP contribution in [0.3, 0.4) is 0 Å². The molecule has 0 heterocycles. The number of likely N-dealkylation sites (N-methyl/N-ethyl adjacent to an activating group) is 4. The van der Waals surface area contributed by atoms with Gasteiger partial charge in [-0.1, -0.05) is 74.5 Å². The molecule has 0 aromatic carbocycles. The van der Waals surface area contributed by atoms with Gasteiger partial charge in [-0.2, -0.15) is 0 Å². The van der Waals surface area contributed by atoms with E-state index in [2.05, 4.69) is 24.5 Å². The molecule has 15 nitrogen and oxygen atoms in total. The maximum absolute atomic E-state index is 14.5. The Hall–Kier alpha value is -3.56. The summed E-state index contributed by atoms with van der Waals surface area (Å²) in [5.41, 5.74) is 5.56. The fraction of sp³-hybridized carbons (Fsp3) is 0.805. The predicted octanol–water partition coefficient (Wildman–Crippen LogP) is 1.99. The summed E-state index contributed by atoms with van der Waals surface area (Å²) in [6, 6.07) is -5.56. The van der Waals surface area contributed by atoms with Crippen LogP contribution < -0.4 is 16.4 Å². The number of nitrogens with one attached hydrogen (secondary N) is 2. The summed E-state index contributed by atoms with van der Waals surface area (Å²) in [4.78, 5) is 86.5. The standard InChI is InChI=1S/C41H77N7O8/c1-16-17-18-28(10)36(51)35(48(15)41(56)34(27(8)9)47(14)39(54)30(21-25(4)5)43-20-19-24(2)3)38(53)44-33(29(11)49)40(55)45(12)23-32(50)46(13)31(37(42)52)22-26(6)7/h16-17,24-31,33-36,43,49,51H,18-23H2,1-15H3,(H2,42,52)(H,44,53)/b17-16+/t28-,29-,30+,31+,33+,34+,35+,36-/m1/s1. The third-order valence-electron chi connectivity index (χ3n) is 10.1. The number of carbonyl (C=O) groups is 6. The van der Waals surface area contributed by atoms with Gasteiger partial charge in [0.05, 0.1) is 24.8 Å². The number of hydrogen-bond acceptors (Lipinski definition) is 9. The first-order chi connectivity index (χ1) is 25.8. The molecule has 6 amide bonds. The molecule has 0 saturated carbocycles. The van der Waals surface area contributed by atoms with Gasteiger partial charge in [0.1, 0.15) is 24.2 Å². The number of amides is 6. The molecule has 0 aromatic heterocycles. The number of hydrogen-bond donors (Lipinski definition) is 5. The summed E-state index contributed by atoms with van der Waals surface area (Å²) in [5.74, 6) is -4.08. The van der Waals surface area contributed by atoms with Crippen molar-refractivity contribution in [3.8, 4) is 0 Å². The molecule has 0 bridgehead atoms. The molecule has 0 radical (unpaired) electrons. The van der Waals surface area contributed by atoms with Gasteiger partial charge in [-0.25, -0.2) is 0 Å². The minimum absolute atomic E-state index is 0.0565. The first-order valence-electron chi connectivity index (χ1n) is 20.2. The highest BCUT2D eigenvalue weighted by Crippen LogP contribution is 2.22. The van der Waals surface area contributed by atoms with Crippen LogP contribution in [0.15, 0.2) is 12.2 Å². The molecule has 0 aliphatic carbocycles. The second-order valence-corrected chi connectivity index (χ2v) is 17.1. The van der Waals surface area contributed by atoms with E-state index in [0.29, 0.717) is 31.7 Å². The molecule has 8 atom stereocenters. The monoisotopic (exact) mass is 796 g/mol. The molecule has 0 rings (SSSR count). The lowest BCUT2D eigenvalue weighted by Gasteiger charge is -2.40. The van der Waals surface area contributed by atoms with Gasteiger partial charge >= 0.3 is 0 Å². The maximum Gasteiger partial charge on any atom is 0.248 e. The quantitative estimate of drug-likeness (QED) is 0.0856. The molecule has 0 aliphatic rings. The fourth-order valence-corrected chi connectivity index (χ4v) is 6.62. The Morgan fingerprint density at radius 1 is 0.714 bits per heavy atom. The zero-order chi connectivity index (χ0) is 43.8. The SMILES string of the molecule is C/C=C/C[C@@H](C)[C@@H](O)[C@@H](C(=O)N[C@H](C(=O)N(C)CC(=O)N(C)[C@@H](CC(C)C)C(N)=O)[C@@H](C)O)N(C)C(=O)[C@H](C(C)C)N(C)C(=O)[C@H](CC(C)C)NCCC(C)C. The van der Waals surface area contributed by atoms with Crippen LogP contribution in [0, 0.1) is 29.6 Å². The third-order valence-corrected chi connectivity index (χ3v) is 10.1. The van der Waals surface area contributed by atoms with Crippen molar-refractivity contribution in [3.63, 3.8) is 0 Å². The van der Waals surface area contributed by atoms with Crippen LogP contribution in [0.4, 0.5) is 0 Å². The molecular weight excluding hydrogens is 718 g/mol. The van der Waals surface area contributed by atoms with E-state index in [1.54, 1.807) is 33.9 Å². The molecule has 56 heavy (non-hydrogen) atoms. The summed E-state index contributed by atoms with van der Waals surface area (Å²) >= 11 is 0. The van der Waals surface area contributed by atoms with E-state index in [1.165, 1.54) is 37.9 Å². The lowest BCUT2D eigenvalue weighted by atomic mass is 9.91. The summed E-state index contributed by atoms with van der Waals surface area (Å²) in [6.45, 7) is 20.6. The van der Waals surface area contributed by atoms with Gasteiger partial charge in [0.25, 0.3) is 0 Å². The molecule has 6 N–H and O–H groups in total. The van der Waals surface area contributed by atoms with Crippen molar-refractivity contribution in [2.45, 2.75) is 144 Å². The Kier molecular flexibility index (Phi) is 23.4. The molecule has 15 heteroatoms. The Morgan fingerprint density at radius 3 is 1.70 bits per heavy atom. The molecule has 0 saturated heterocycles. The molecule has 0 aliphatic heterocycles. The fourth-order valence-electron chi connectivity index (χ4n) is 6.62. The normalized spacial score (nSPS) is 16.2. The summed E-state index contributed by atoms with van der Waals surface area (Å²) in [7, 11) is 5.69. The van der Waals surface area contributed by atoms with Crippen LogP contribution in [-0.4, -0.2) is 149 Å². The lowest BCUT2D eigenvalue weighted by Crippen LogP contribution is -2.64. The Labute approximate surface area is 337 Å². The number of rotatable bonds is 25. The van der Waals surface area contributed by atoms with Gasteiger partial charge in [0.15, 0.2) is 0 Å². The number of primary amides is 1. The van der Waals surface area contributed by atoms with Crippen LogP contribution in [0.5, 0.6) is 0 Å². The van der Waals surface area contributed by atoms with Crippen LogP contribution in [0.1, 0.15) is 102 Å². The number of nitrogens with two attached hydrogens (primary N) is 1. The molecule has 0 fully saturated rings.